The maximum absolute atomic E-state index is 11.2. The Bertz CT molecular complexity index is 597. The van der Waals surface area contributed by atoms with Gasteiger partial charge >= 0.3 is 5.97 Å². The molecule has 1 aromatic carbocycles. The van der Waals surface area contributed by atoms with Gasteiger partial charge in [0.15, 0.2) is 11.5 Å². The summed E-state index contributed by atoms with van der Waals surface area (Å²) >= 11 is 0. The molecule has 26 heavy (non-hydrogen) atoms. The fourth-order valence-corrected chi connectivity index (χ4v) is 3.09. The van der Waals surface area contributed by atoms with Gasteiger partial charge in [-0.1, -0.05) is 33.6 Å². The van der Waals surface area contributed by atoms with Crippen molar-refractivity contribution in [3.63, 3.8) is 0 Å². The van der Waals surface area contributed by atoms with Crippen molar-refractivity contribution in [2.45, 2.75) is 86.0 Å². The molecular weight excluding hydrogens is 328 g/mol. The summed E-state index contributed by atoms with van der Waals surface area (Å²) in [5.74, 6) is -0.907. The van der Waals surface area contributed by atoms with Gasteiger partial charge in [0, 0.05) is 0 Å². The molecule has 148 valence electrons. The Balaban J connectivity index is 2.63. The summed E-state index contributed by atoms with van der Waals surface area (Å²) in [5.41, 5.74) is 1.78. The highest BCUT2D eigenvalue weighted by Gasteiger charge is 2.26. The molecule has 0 amide bonds. The van der Waals surface area contributed by atoms with Crippen molar-refractivity contribution in [1.82, 2.24) is 0 Å². The Labute approximate surface area is 158 Å². The number of benzene rings is 1. The number of carboxylic acid groups (broad SMARTS) is 1. The third-order valence-corrected chi connectivity index (χ3v) is 5.00. The zero-order valence-electron chi connectivity index (χ0n) is 17.1. The molecule has 0 unspecified atom stereocenters. The number of aromatic hydroxyl groups is 2. The van der Waals surface area contributed by atoms with E-state index in [0.717, 1.165) is 56.1 Å². The second kappa shape index (κ2) is 9.29. The molecule has 3 N–H and O–H groups in total. The van der Waals surface area contributed by atoms with Crippen LogP contribution in [0.5, 0.6) is 11.5 Å². The molecule has 0 radical (unpaired) electrons. The number of unbranched alkanes of at least 4 members (excludes halogenated alkanes) is 2. The van der Waals surface area contributed by atoms with Gasteiger partial charge < -0.3 is 15.3 Å². The standard InChI is InChI=1S/C22H36O4/c1-21(2,3)12-8-6-10-16-14-18(23)19(24)15-17(16)11-7-9-13-22(4,5)20(25)26/h14-15,23-24H,6-13H2,1-5H3,(H,25,26). The normalized spacial score (nSPS) is 12.3. The average Bonchev–Trinajstić information content (AvgIpc) is 2.50. The van der Waals surface area contributed by atoms with Crippen LogP contribution in [0.2, 0.25) is 0 Å². The first-order valence-electron chi connectivity index (χ1n) is 9.69. The predicted molar refractivity (Wildman–Crippen MR) is 106 cm³/mol. The van der Waals surface area contributed by atoms with Crippen molar-refractivity contribution in [1.29, 1.82) is 0 Å². The molecular formula is C22H36O4. The van der Waals surface area contributed by atoms with Crippen LogP contribution in [0.1, 0.15) is 84.3 Å². The Kier molecular flexibility index (Phi) is 7.98. The molecule has 0 spiro atoms. The van der Waals surface area contributed by atoms with E-state index in [-0.39, 0.29) is 11.5 Å². The van der Waals surface area contributed by atoms with Gasteiger partial charge in [-0.15, -0.1) is 0 Å². The molecule has 0 atom stereocenters. The largest absolute Gasteiger partial charge is 0.504 e. The third-order valence-electron chi connectivity index (χ3n) is 5.00. The lowest BCUT2D eigenvalue weighted by atomic mass is 9.86. The number of aliphatic carboxylic acids is 1. The van der Waals surface area contributed by atoms with Crippen molar-refractivity contribution in [3.05, 3.63) is 23.3 Å². The summed E-state index contributed by atoms with van der Waals surface area (Å²) in [4.78, 5) is 11.2. The van der Waals surface area contributed by atoms with E-state index in [4.69, 9.17) is 0 Å². The van der Waals surface area contributed by atoms with Crippen LogP contribution in [0.3, 0.4) is 0 Å². The zero-order valence-corrected chi connectivity index (χ0v) is 17.1. The van der Waals surface area contributed by atoms with Crippen LogP contribution < -0.4 is 0 Å². The molecule has 4 heteroatoms. The molecule has 0 bridgehead atoms. The van der Waals surface area contributed by atoms with E-state index < -0.39 is 11.4 Å². The van der Waals surface area contributed by atoms with E-state index in [2.05, 4.69) is 20.8 Å². The molecule has 4 nitrogen and oxygen atoms in total. The van der Waals surface area contributed by atoms with E-state index in [1.807, 2.05) is 0 Å². The van der Waals surface area contributed by atoms with Crippen LogP contribution in [0.15, 0.2) is 12.1 Å². The van der Waals surface area contributed by atoms with E-state index in [9.17, 15) is 20.1 Å². The van der Waals surface area contributed by atoms with Crippen LogP contribution in [-0.4, -0.2) is 21.3 Å². The highest BCUT2D eigenvalue weighted by atomic mass is 16.4. The molecule has 0 aliphatic rings. The van der Waals surface area contributed by atoms with E-state index in [0.29, 0.717) is 11.8 Å². The summed E-state index contributed by atoms with van der Waals surface area (Å²) in [5, 5.41) is 28.9. The Morgan fingerprint density at radius 3 is 1.62 bits per heavy atom. The van der Waals surface area contributed by atoms with E-state index in [1.165, 1.54) is 0 Å². The molecule has 0 fully saturated rings. The quantitative estimate of drug-likeness (QED) is 0.369. The number of carbonyl (C=O) groups is 1. The van der Waals surface area contributed by atoms with E-state index in [1.54, 1.807) is 26.0 Å². The van der Waals surface area contributed by atoms with Gasteiger partial charge in [0.05, 0.1) is 5.41 Å². The lowest BCUT2D eigenvalue weighted by molar-refractivity contribution is -0.147. The third kappa shape index (κ3) is 7.67. The maximum atomic E-state index is 11.2. The molecule has 0 aromatic heterocycles. The van der Waals surface area contributed by atoms with Crippen LogP contribution in [0, 0.1) is 10.8 Å². The summed E-state index contributed by atoms with van der Waals surface area (Å²) < 4.78 is 0. The minimum Gasteiger partial charge on any atom is -0.504 e. The summed E-state index contributed by atoms with van der Waals surface area (Å²) in [6.45, 7) is 10.2. The van der Waals surface area contributed by atoms with Crippen molar-refractivity contribution >= 4 is 5.97 Å². The Morgan fingerprint density at radius 1 is 0.808 bits per heavy atom. The number of phenols is 2. The summed E-state index contributed by atoms with van der Waals surface area (Å²) in [6.07, 6.45) is 7.36. The van der Waals surface area contributed by atoms with Gasteiger partial charge in [0.1, 0.15) is 0 Å². The molecule has 0 aliphatic heterocycles. The van der Waals surface area contributed by atoms with Gasteiger partial charge in [-0.3, -0.25) is 4.79 Å². The number of aryl methyl sites for hydroxylation is 2. The minimum absolute atomic E-state index is 0.0634. The van der Waals surface area contributed by atoms with Crippen LogP contribution >= 0.6 is 0 Å². The van der Waals surface area contributed by atoms with Crippen molar-refractivity contribution in [2.75, 3.05) is 0 Å². The molecule has 0 heterocycles. The van der Waals surface area contributed by atoms with Gasteiger partial charge in [0.25, 0.3) is 0 Å². The number of hydrogen-bond acceptors (Lipinski definition) is 3. The fraction of sp³-hybridized carbons (Fsp3) is 0.682. The second-order valence-corrected chi connectivity index (χ2v) is 9.27. The first-order valence-corrected chi connectivity index (χ1v) is 9.69. The van der Waals surface area contributed by atoms with Gasteiger partial charge in [-0.2, -0.15) is 0 Å². The Hall–Kier alpha value is -1.71. The molecule has 0 aliphatic carbocycles. The fourth-order valence-electron chi connectivity index (χ4n) is 3.09. The van der Waals surface area contributed by atoms with Gasteiger partial charge in [-0.25, -0.2) is 0 Å². The van der Waals surface area contributed by atoms with Gasteiger partial charge in [0.2, 0.25) is 0 Å². The molecule has 0 saturated carbocycles. The van der Waals surface area contributed by atoms with Crippen LogP contribution in [0.25, 0.3) is 0 Å². The van der Waals surface area contributed by atoms with Crippen LogP contribution in [-0.2, 0) is 17.6 Å². The average molecular weight is 365 g/mol. The van der Waals surface area contributed by atoms with Crippen molar-refractivity contribution in [3.8, 4) is 11.5 Å². The van der Waals surface area contributed by atoms with Crippen molar-refractivity contribution < 1.29 is 20.1 Å². The first kappa shape index (κ1) is 22.3. The van der Waals surface area contributed by atoms with E-state index >= 15 is 0 Å². The number of hydrogen-bond donors (Lipinski definition) is 3. The highest BCUT2D eigenvalue weighted by Crippen LogP contribution is 2.31. The zero-order chi connectivity index (χ0) is 20.0. The monoisotopic (exact) mass is 364 g/mol. The van der Waals surface area contributed by atoms with Gasteiger partial charge in [-0.05, 0) is 81.0 Å². The lowest BCUT2D eigenvalue weighted by Crippen LogP contribution is -2.23. The van der Waals surface area contributed by atoms with Crippen molar-refractivity contribution in [2.24, 2.45) is 10.8 Å². The Morgan fingerprint density at radius 2 is 1.23 bits per heavy atom. The molecule has 1 aromatic rings. The SMILES string of the molecule is CC(C)(C)CCCCc1cc(O)c(O)cc1CCCCC(C)(C)C(=O)O. The second-order valence-electron chi connectivity index (χ2n) is 9.27. The summed E-state index contributed by atoms with van der Waals surface area (Å²) in [6, 6.07) is 3.35. The summed E-state index contributed by atoms with van der Waals surface area (Å²) in [7, 11) is 0. The number of phenolic OH excluding ortho intramolecular Hbond substituents is 2. The molecule has 0 saturated heterocycles. The lowest BCUT2D eigenvalue weighted by Gasteiger charge is -2.19. The smallest absolute Gasteiger partial charge is 0.309 e. The topological polar surface area (TPSA) is 77.8 Å². The minimum atomic E-state index is -0.765. The maximum Gasteiger partial charge on any atom is 0.309 e. The number of carboxylic acids is 1. The van der Waals surface area contributed by atoms with Crippen LogP contribution in [0.4, 0.5) is 0 Å². The first-order chi connectivity index (χ1) is 11.9. The highest BCUT2D eigenvalue weighted by molar-refractivity contribution is 5.73. The number of rotatable bonds is 10. The predicted octanol–water partition coefficient (Wildman–Crippen LogP) is 5.68. The molecule has 1 rings (SSSR count).